The van der Waals surface area contributed by atoms with Crippen molar-refractivity contribution >= 4 is 16.5 Å². The van der Waals surface area contributed by atoms with E-state index < -0.39 is 0 Å². The normalized spacial score (nSPS) is 15.0. The molecule has 0 atom stereocenters. The van der Waals surface area contributed by atoms with E-state index in [0.29, 0.717) is 0 Å². The quantitative estimate of drug-likeness (QED) is 0.654. The maximum absolute atomic E-state index is 9.44. The lowest BCUT2D eigenvalue weighted by molar-refractivity contribution is 0.215. The van der Waals surface area contributed by atoms with Crippen molar-refractivity contribution < 1.29 is 0 Å². The second kappa shape index (κ2) is 7.82. The van der Waals surface area contributed by atoms with E-state index in [-0.39, 0.29) is 0 Å². The molecule has 3 heteroatoms. The molecule has 4 rings (SSSR count). The molecule has 0 aromatic heterocycles. The number of hydrogen-bond acceptors (Lipinski definition) is 3. The average molecular weight is 355 g/mol. The van der Waals surface area contributed by atoms with Crippen LogP contribution in [0.4, 0.5) is 5.69 Å². The van der Waals surface area contributed by atoms with Gasteiger partial charge in [0.2, 0.25) is 0 Å². The van der Waals surface area contributed by atoms with E-state index in [9.17, 15) is 5.26 Å². The molecule has 0 amide bonds. The number of rotatable bonds is 4. The topological polar surface area (TPSA) is 30.3 Å². The first kappa shape index (κ1) is 17.6. The van der Waals surface area contributed by atoms with Gasteiger partial charge in [-0.1, -0.05) is 54.1 Å². The molecule has 0 spiro atoms. The summed E-state index contributed by atoms with van der Waals surface area (Å²) >= 11 is 0. The number of aryl methyl sites for hydroxylation is 1. The fraction of sp³-hybridized carbons (Fsp3) is 0.292. The molecule has 3 nitrogen and oxygen atoms in total. The van der Waals surface area contributed by atoms with Crippen LogP contribution in [0.25, 0.3) is 10.8 Å². The van der Waals surface area contributed by atoms with Crippen LogP contribution in [0, 0.1) is 18.3 Å². The monoisotopic (exact) mass is 355 g/mol. The van der Waals surface area contributed by atoms with Gasteiger partial charge in [-0.2, -0.15) is 5.26 Å². The Morgan fingerprint density at radius 1 is 0.889 bits per heavy atom. The Balaban J connectivity index is 1.62. The summed E-state index contributed by atoms with van der Waals surface area (Å²) in [6.45, 7) is 5.26. The van der Waals surface area contributed by atoms with Crippen LogP contribution in [-0.4, -0.2) is 24.6 Å². The molecule has 27 heavy (non-hydrogen) atoms. The molecule has 0 N–H and O–H groups in total. The van der Waals surface area contributed by atoms with Gasteiger partial charge in [0.25, 0.3) is 0 Å². The first-order valence-corrected chi connectivity index (χ1v) is 9.76. The van der Waals surface area contributed by atoms with Crippen LogP contribution >= 0.6 is 0 Å². The third kappa shape index (κ3) is 3.67. The number of nitriles is 1. The Hall–Kier alpha value is -2.83. The van der Waals surface area contributed by atoms with Gasteiger partial charge in [-0.05, 0) is 43.9 Å². The van der Waals surface area contributed by atoms with E-state index in [0.717, 1.165) is 37.0 Å². The molecule has 1 fully saturated rings. The van der Waals surface area contributed by atoms with Gasteiger partial charge in [0.15, 0.2) is 0 Å². The van der Waals surface area contributed by atoms with E-state index in [2.05, 4.69) is 71.5 Å². The van der Waals surface area contributed by atoms with Crippen LogP contribution in [0.2, 0.25) is 0 Å². The Bertz CT molecular complexity index is 969. The van der Waals surface area contributed by atoms with Crippen molar-refractivity contribution in [3.8, 4) is 6.07 Å². The maximum Gasteiger partial charge on any atom is 0.0998 e. The summed E-state index contributed by atoms with van der Waals surface area (Å²) in [6.07, 6.45) is 3.49. The molecular weight excluding hydrogens is 330 g/mol. The highest BCUT2D eigenvalue weighted by atomic mass is 15.6. The zero-order valence-corrected chi connectivity index (χ0v) is 15.9. The van der Waals surface area contributed by atoms with E-state index in [1.165, 1.54) is 35.0 Å². The molecule has 1 heterocycles. The number of anilines is 1. The number of hydrogen-bond donors (Lipinski definition) is 0. The number of fused-ring (bicyclic) bond motifs is 1. The molecule has 0 bridgehead atoms. The molecule has 3 aromatic rings. The van der Waals surface area contributed by atoms with Gasteiger partial charge in [-0.15, -0.1) is 0 Å². The minimum absolute atomic E-state index is 0.748. The molecule has 1 aliphatic heterocycles. The zero-order chi connectivity index (χ0) is 18.6. The lowest BCUT2D eigenvalue weighted by atomic mass is 10.0. The summed E-state index contributed by atoms with van der Waals surface area (Å²) in [5.74, 6) is 0. The second-order valence-corrected chi connectivity index (χ2v) is 7.31. The largest absolute Gasteiger partial charge is 0.305 e. The summed E-state index contributed by atoms with van der Waals surface area (Å²) in [7, 11) is 0. The maximum atomic E-state index is 9.44. The summed E-state index contributed by atoms with van der Waals surface area (Å²) in [5.41, 5.74) is 4.66. The van der Waals surface area contributed by atoms with Crippen molar-refractivity contribution in [2.45, 2.75) is 26.2 Å². The summed E-state index contributed by atoms with van der Waals surface area (Å²) in [6, 6.07) is 23.5. The predicted octanol–water partition coefficient (Wildman–Crippen LogP) is 5.08. The van der Waals surface area contributed by atoms with Gasteiger partial charge in [0.1, 0.15) is 0 Å². The first-order valence-electron chi connectivity index (χ1n) is 9.76. The van der Waals surface area contributed by atoms with Crippen LogP contribution in [-0.2, 0) is 6.42 Å². The minimum atomic E-state index is 0.748. The van der Waals surface area contributed by atoms with Crippen molar-refractivity contribution in [1.82, 2.24) is 5.01 Å². The summed E-state index contributed by atoms with van der Waals surface area (Å²) in [4.78, 5) is 0. The molecule has 136 valence electrons. The first-order chi connectivity index (χ1) is 13.3. The van der Waals surface area contributed by atoms with Crippen LogP contribution in [0.1, 0.15) is 29.5 Å². The highest BCUT2D eigenvalue weighted by molar-refractivity contribution is 5.97. The molecule has 1 saturated heterocycles. The predicted molar refractivity (Wildman–Crippen MR) is 112 cm³/mol. The lowest BCUT2D eigenvalue weighted by Crippen LogP contribution is -2.48. The van der Waals surface area contributed by atoms with Crippen molar-refractivity contribution in [2.75, 3.05) is 24.6 Å². The number of nitrogens with zero attached hydrogens (tertiary/aromatic N) is 3. The lowest BCUT2D eigenvalue weighted by Gasteiger charge is -2.41. The van der Waals surface area contributed by atoms with Crippen LogP contribution in [0.15, 0.2) is 60.7 Å². The van der Waals surface area contributed by atoms with E-state index in [1.54, 1.807) is 0 Å². The molecule has 1 aliphatic rings. The van der Waals surface area contributed by atoms with Crippen molar-refractivity contribution in [3.63, 3.8) is 0 Å². The van der Waals surface area contributed by atoms with Crippen molar-refractivity contribution in [3.05, 3.63) is 77.4 Å². The van der Waals surface area contributed by atoms with E-state index >= 15 is 0 Å². The molecule has 0 radical (unpaired) electrons. The second-order valence-electron chi connectivity index (χ2n) is 7.31. The number of benzene rings is 3. The van der Waals surface area contributed by atoms with Crippen LogP contribution in [0.3, 0.4) is 0 Å². The van der Waals surface area contributed by atoms with Gasteiger partial charge in [-0.25, -0.2) is 5.01 Å². The molecule has 0 saturated carbocycles. The van der Waals surface area contributed by atoms with Gasteiger partial charge >= 0.3 is 0 Å². The van der Waals surface area contributed by atoms with E-state index in [1.807, 2.05) is 12.1 Å². The Morgan fingerprint density at radius 2 is 1.63 bits per heavy atom. The third-order valence-corrected chi connectivity index (χ3v) is 5.46. The standard InChI is InChI=1S/C24H25N3/c1-19-8-10-20(11-9-19)14-17-26-15-4-5-16-27(26)24-13-12-21(18-25)22-6-2-3-7-23(22)24/h2-3,6-13H,4-5,14-17H2,1H3. The van der Waals surface area contributed by atoms with Crippen molar-refractivity contribution in [1.29, 1.82) is 5.26 Å². The summed E-state index contributed by atoms with van der Waals surface area (Å²) < 4.78 is 0. The molecule has 0 aliphatic carbocycles. The van der Waals surface area contributed by atoms with Gasteiger partial charge in [-0.3, -0.25) is 0 Å². The van der Waals surface area contributed by atoms with Crippen LogP contribution in [0.5, 0.6) is 0 Å². The SMILES string of the molecule is Cc1ccc(CCN2CCCCN2c2ccc(C#N)c3ccccc23)cc1. The van der Waals surface area contributed by atoms with Gasteiger partial charge < -0.3 is 5.01 Å². The fourth-order valence-electron chi connectivity index (χ4n) is 3.94. The zero-order valence-electron chi connectivity index (χ0n) is 15.9. The van der Waals surface area contributed by atoms with Gasteiger partial charge in [0, 0.05) is 30.4 Å². The Kier molecular flexibility index (Phi) is 5.09. The Morgan fingerprint density at radius 3 is 2.41 bits per heavy atom. The van der Waals surface area contributed by atoms with Crippen molar-refractivity contribution in [2.24, 2.45) is 0 Å². The summed E-state index contributed by atoms with van der Waals surface area (Å²) in [5, 5.41) is 16.6. The third-order valence-electron chi connectivity index (χ3n) is 5.46. The number of hydrazine groups is 1. The minimum Gasteiger partial charge on any atom is -0.305 e. The highest BCUT2D eigenvalue weighted by Gasteiger charge is 2.22. The molecule has 3 aromatic carbocycles. The average Bonchev–Trinajstić information content (AvgIpc) is 2.73. The van der Waals surface area contributed by atoms with Gasteiger partial charge in [0.05, 0.1) is 17.3 Å². The molecular formula is C24H25N3. The smallest absolute Gasteiger partial charge is 0.0998 e. The molecule has 0 unspecified atom stereocenters. The van der Waals surface area contributed by atoms with E-state index in [4.69, 9.17) is 0 Å². The highest BCUT2D eigenvalue weighted by Crippen LogP contribution is 2.32. The fourth-order valence-corrected chi connectivity index (χ4v) is 3.94. The Labute approximate surface area is 161 Å². The van der Waals surface area contributed by atoms with Crippen LogP contribution < -0.4 is 5.01 Å².